The molecule has 0 radical (unpaired) electrons. The summed E-state index contributed by atoms with van der Waals surface area (Å²) >= 11 is 0. The lowest BCUT2D eigenvalue weighted by atomic mass is 9.70. The third kappa shape index (κ3) is 2.23. The predicted octanol–water partition coefficient (Wildman–Crippen LogP) is 1.35. The van der Waals surface area contributed by atoms with E-state index in [1.165, 1.54) is 0 Å². The number of barbiturate groups is 1. The summed E-state index contributed by atoms with van der Waals surface area (Å²) in [5.74, 6) is -1.21. The molecule has 1 rings (SSSR count). The number of rotatable bonds is 3. The van der Waals surface area contributed by atoms with E-state index >= 15 is 0 Å². The molecule has 2 N–H and O–H groups in total. The Labute approximate surface area is 101 Å². The van der Waals surface area contributed by atoms with Crippen molar-refractivity contribution in [3.05, 3.63) is 11.6 Å². The average molecular weight is 238 g/mol. The maximum Gasteiger partial charge on any atom is 0.328 e. The quantitative estimate of drug-likeness (QED) is 0.575. The second kappa shape index (κ2) is 4.69. The molecule has 1 saturated heterocycles. The van der Waals surface area contributed by atoms with Crippen molar-refractivity contribution in [2.45, 2.75) is 34.1 Å². The van der Waals surface area contributed by atoms with Gasteiger partial charge in [0.25, 0.3) is 0 Å². The van der Waals surface area contributed by atoms with Crippen LogP contribution in [0.25, 0.3) is 0 Å². The van der Waals surface area contributed by atoms with E-state index in [4.69, 9.17) is 0 Å². The highest BCUT2D eigenvalue weighted by Crippen LogP contribution is 2.36. The molecular weight excluding hydrogens is 220 g/mol. The van der Waals surface area contributed by atoms with Crippen LogP contribution in [0.1, 0.15) is 34.1 Å². The highest BCUT2D eigenvalue weighted by atomic mass is 16.2. The van der Waals surface area contributed by atoms with Crippen molar-refractivity contribution in [3.8, 4) is 0 Å². The SMILES string of the molecule is C/C=C(\C)CC1(C(C)C)C(=O)NC(=O)NC1=O. The molecule has 94 valence electrons. The van der Waals surface area contributed by atoms with Crippen molar-refractivity contribution in [2.24, 2.45) is 11.3 Å². The van der Waals surface area contributed by atoms with Gasteiger partial charge in [0.15, 0.2) is 0 Å². The first-order chi connectivity index (χ1) is 7.84. The molecule has 0 unspecified atom stereocenters. The Hall–Kier alpha value is -1.65. The smallest absolute Gasteiger partial charge is 0.277 e. The van der Waals surface area contributed by atoms with Gasteiger partial charge in [-0.1, -0.05) is 25.5 Å². The fraction of sp³-hybridized carbons (Fsp3) is 0.583. The Morgan fingerprint density at radius 2 is 1.71 bits per heavy atom. The molecule has 1 aliphatic heterocycles. The van der Waals surface area contributed by atoms with Crippen LogP contribution >= 0.6 is 0 Å². The number of carbonyl (C=O) groups excluding carboxylic acids is 3. The van der Waals surface area contributed by atoms with E-state index in [2.05, 4.69) is 10.6 Å². The molecule has 0 aromatic heterocycles. The Morgan fingerprint density at radius 1 is 1.24 bits per heavy atom. The minimum absolute atomic E-state index is 0.189. The molecule has 1 fully saturated rings. The van der Waals surface area contributed by atoms with Gasteiger partial charge >= 0.3 is 6.03 Å². The molecule has 0 atom stereocenters. The zero-order valence-corrected chi connectivity index (χ0v) is 10.6. The van der Waals surface area contributed by atoms with Gasteiger partial charge in [-0.15, -0.1) is 0 Å². The number of urea groups is 1. The maximum atomic E-state index is 12.0. The Morgan fingerprint density at radius 3 is 2.06 bits per heavy atom. The van der Waals surface area contributed by atoms with Gasteiger partial charge in [0, 0.05) is 0 Å². The van der Waals surface area contributed by atoms with Crippen LogP contribution in [0.2, 0.25) is 0 Å². The number of nitrogens with one attached hydrogen (secondary N) is 2. The van der Waals surface area contributed by atoms with Gasteiger partial charge in [0.2, 0.25) is 11.8 Å². The minimum Gasteiger partial charge on any atom is -0.277 e. The number of amides is 4. The summed E-state index contributed by atoms with van der Waals surface area (Å²) in [6.07, 6.45) is 2.19. The van der Waals surface area contributed by atoms with Gasteiger partial charge < -0.3 is 0 Å². The first-order valence-electron chi connectivity index (χ1n) is 5.63. The molecular formula is C12H18N2O3. The van der Waals surface area contributed by atoms with Crippen LogP contribution in [0.3, 0.4) is 0 Å². The molecule has 5 heteroatoms. The Bertz CT molecular complexity index is 377. The molecule has 0 aromatic rings. The van der Waals surface area contributed by atoms with E-state index in [1.54, 1.807) is 13.8 Å². The van der Waals surface area contributed by atoms with E-state index in [9.17, 15) is 14.4 Å². The maximum absolute atomic E-state index is 12.0. The molecule has 0 aliphatic carbocycles. The van der Waals surface area contributed by atoms with Crippen molar-refractivity contribution in [2.75, 3.05) is 0 Å². The monoisotopic (exact) mass is 238 g/mol. The van der Waals surface area contributed by atoms with E-state index in [-0.39, 0.29) is 5.92 Å². The molecule has 4 amide bonds. The van der Waals surface area contributed by atoms with Crippen LogP contribution in [-0.2, 0) is 9.59 Å². The van der Waals surface area contributed by atoms with Crippen molar-refractivity contribution in [3.63, 3.8) is 0 Å². The van der Waals surface area contributed by atoms with Crippen LogP contribution in [0.4, 0.5) is 4.79 Å². The summed E-state index contributed by atoms with van der Waals surface area (Å²) < 4.78 is 0. The van der Waals surface area contributed by atoms with Gasteiger partial charge in [0.1, 0.15) is 5.41 Å². The minimum atomic E-state index is -1.19. The van der Waals surface area contributed by atoms with Gasteiger partial charge in [-0.3, -0.25) is 20.2 Å². The fourth-order valence-corrected chi connectivity index (χ4v) is 1.99. The summed E-state index contributed by atoms with van der Waals surface area (Å²) in [4.78, 5) is 35.1. The average Bonchev–Trinajstić information content (AvgIpc) is 2.22. The van der Waals surface area contributed by atoms with Crippen molar-refractivity contribution in [1.29, 1.82) is 0 Å². The van der Waals surface area contributed by atoms with E-state index in [0.717, 1.165) is 5.57 Å². The van der Waals surface area contributed by atoms with Crippen molar-refractivity contribution in [1.82, 2.24) is 10.6 Å². The summed E-state index contributed by atoms with van der Waals surface area (Å²) in [6, 6.07) is -0.741. The van der Waals surface area contributed by atoms with E-state index in [0.29, 0.717) is 6.42 Å². The highest BCUT2D eigenvalue weighted by molar-refractivity contribution is 6.19. The zero-order valence-electron chi connectivity index (χ0n) is 10.6. The Kier molecular flexibility index (Phi) is 3.70. The van der Waals surface area contributed by atoms with E-state index in [1.807, 2.05) is 19.9 Å². The largest absolute Gasteiger partial charge is 0.328 e. The van der Waals surface area contributed by atoms with Crippen molar-refractivity contribution >= 4 is 17.8 Å². The summed E-state index contributed by atoms with van der Waals surface area (Å²) in [5, 5.41) is 4.35. The summed E-state index contributed by atoms with van der Waals surface area (Å²) in [7, 11) is 0. The molecule has 0 saturated carbocycles. The first kappa shape index (κ1) is 13.4. The number of hydrogen-bond donors (Lipinski definition) is 2. The van der Waals surface area contributed by atoms with Crippen molar-refractivity contribution < 1.29 is 14.4 Å². The van der Waals surface area contributed by atoms with Crippen LogP contribution < -0.4 is 10.6 Å². The van der Waals surface area contributed by atoms with Gasteiger partial charge in [-0.05, 0) is 26.2 Å². The second-order valence-electron chi connectivity index (χ2n) is 4.68. The lowest BCUT2D eigenvalue weighted by Crippen LogP contribution is -2.64. The lowest BCUT2D eigenvalue weighted by molar-refractivity contribution is -0.147. The molecule has 5 nitrogen and oxygen atoms in total. The van der Waals surface area contributed by atoms with Gasteiger partial charge in [-0.2, -0.15) is 0 Å². The number of allylic oxidation sites excluding steroid dienone is 2. The fourth-order valence-electron chi connectivity index (χ4n) is 1.99. The van der Waals surface area contributed by atoms with Crippen LogP contribution in [0, 0.1) is 11.3 Å². The summed E-state index contributed by atoms with van der Waals surface area (Å²) in [5.41, 5.74) is -0.247. The lowest BCUT2D eigenvalue weighted by Gasteiger charge is -2.37. The number of carbonyl (C=O) groups is 3. The molecule has 1 aliphatic rings. The third-order valence-electron chi connectivity index (χ3n) is 3.30. The van der Waals surface area contributed by atoms with Gasteiger partial charge in [0.05, 0.1) is 0 Å². The zero-order chi connectivity index (χ0) is 13.2. The van der Waals surface area contributed by atoms with E-state index < -0.39 is 23.3 Å². The topological polar surface area (TPSA) is 75.3 Å². The molecule has 0 aromatic carbocycles. The predicted molar refractivity (Wildman–Crippen MR) is 63.0 cm³/mol. The second-order valence-corrected chi connectivity index (χ2v) is 4.68. The summed E-state index contributed by atoms with van der Waals surface area (Å²) in [6.45, 7) is 7.32. The first-order valence-corrected chi connectivity index (χ1v) is 5.63. The highest BCUT2D eigenvalue weighted by Gasteiger charge is 2.52. The normalized spacial score (nSPS) is 20.3. The molecule has 17 heavy (non-hydrogen) atoms. The number of hydrogen-bond acceptors (Lipinski definition) is 3. The molecule has 0 spiro atoms. The molecule has 0 bridgehead atoms. The van der Waals surface area contributed by atoms with Crippen LogP contribution in [-0.4, -0.2) is 17.8 Å². The van der Waals surface area contributed by atoms with Crippen LogP contribution in [0.5, 0.6) is 0 Å². The Balaban J connectivity index is 3.18. The third-order valence-corrected chi connectivity index (χ3v) is 3.30. The standard InChI is InChI=1S/C12H18N2O3/c1-5-8(4)6-12(7(2)3)9(15)13-11(17)14-10(12)16/h5,7H,6H2,1-4H3,(H2,13,14,15,16,17)/b8-5+. The molecule has 1 heterocycles. The van der Waals surface area contributed by atoms with Gasteiger partial charge in [-0.25, -0.2) is 4.79 Å². The van der Waals surface area contributed by atoms with Crippen LogP contribution in [0.15, 0.2) is 11.6 Å². The number of imide groups is 2.